The van der Waals surface area contributed by atoms with E-state index in [4.69, 9.17) is 14.5 Å². The Kier molecular flexibility index (Phi) is 7.14. The Morgan fingerprint density at radius 2 is 2.08 bits per heavy atom. The summed E-state index contributed by atoms with van der Waals surface area (Å²) in [5.74, 6) is 2.57. The summed E-state index contributed by atoms with van der Waals surface area (Å²) in [6, 6.07) is 8.76. The number of aliphatic imine (C=N–C) groups is 1. The van der Waals surface area contributed by atoms with Crippen LogP contribution in [0.3, 0.4) is 0 Å². The number of benzene rings is 1. The van der Waals surface area contributed by atoms with Gasteiger partial charge in [-0.25, -0.2) is 4.99 Å². The van der Waals surface area contributed by atoms with Crippen molar-refractivity contribution < 1.29 is 9.47 Å². The molecule has 1 saturated carbocycles. The lowest BCUT2D eigenvalue weighted by atomic mass is 10.2. The van der Waals surface area contributed by atoms with Crippen molar-refractivity contribution in [3.8, 4) is 5.75 Å². The average Bonchev–Trinajstić information content (AvgIpc) is 3.36. The van der Waals surface area contributed by atoms with Gasteiger partial charge in [0.25, 0.3) is 0 Å². The summed E-state index contributed by atoms with van der Waals surface area (Å²) in [7, 11) is 0. The predicted molar refractivity (Wildman–Crippen MR) is 105 cm³/mol. The highest BCUT2D eigenvalue weighted by Gasteiger charge is 2.33. The van der Waals surface area contributed by atoms with Crippen molar-refractivity contribution in [1.29, 1.82) is 0 Å². The second-order valence-electron chi connectivity index (χ2n) is 7.07. The van der Waals surface area contributed by atoms with Crippen molar-refractivity contribution in [3.05, 3.63) is 29.8 Å². The van der Waals surface area contributed by atoms with Crippen LogP contribution in [0.1, 0.15) is 25.8 Å². The number of nitrogens with one attached hydrogen (secondary N) is 2. The van der Waals surface area contributed by atoms with Gasteiger partial charge in [0.05, 0.1) is 19.8 Å². The molecule has 6 nitrogen and oxygen atoms in total. The first-order valence-corrected chi connectivity index (χ1v) is 9.82. The zero-order valence-corrected chi connectivity index (χ0v) is 16.0. The van der Waals surface area contributed by atoms with Gasteiger partial charge in [-0.05, 0) is 25.3 Å². The van der Waals surface area contributed by atoms with Gasteiger partial charge >= 0.3 is 0 Å². The molecule has 1 aliphatic carbocycles. The molecule has 2 atom stereocenters. The number of hydrogen-bond acceptors (Lipinski definition) is 4. The Balaban J connectivity index is 1.52. The smallest absolute Gasteiger partial charge is 0.191 e. The van der Waals surface area contributed by atoms with E-state index in [9.17, 15) is 0 Å². The Labute approximate surface area is 157 Å². The third-order valence-corrected chi connectivity index (χ3v) is 4.92. The minimum atomic E-state index is 0.563. The third kappa shape index (κ3) is 5.88. The van der Waals surface area contributed by atoms with Crippen molar-refractivity contribution >= 4 is 5.96 Å². The molecule has 1 saturated heterocycles. The summed E-state index contributed by atoms with van der Waals surface area (Å²) >= 11 is 0. The van der Waals surface area contributed by atoms with Gasteiger partial charge in [0.2, 0.25) is 0 Å². The van der Waals surface area contributed by atoms with E-state index in [2.05, 4.69) is 35.4 Å². The molecule has 2 fully saturated rings. The van der Waals surface area contributed by atoms with E-state index < -0.39 is 0 Å². The number of morpholine rings is 1. The van der Waals surface area contributed by atoms with Crippen LogP contribution in [-0.4, -0.2) is 62.9 Å². The van der Waals surface area contributed by atoms with E-state index in [0.717, 1.165) is 62.6 Å². The molecule has 0 radical (unpaired) electrons. The quantitative estimate of drug-likeness (QED) is 0.547. The third-order valence-electron chi connectivity index (χ3n) is 4.92. The molecule has 0 bridgehead atoms. The van der Waals surface area contributed by atoms with Gasteiger partial charge in [-0.1, -0.05) is 25.1 Å². The van der Waals surface area contributed by atoms with Crippen LogP contribution in [0.15, 0.2) is 29.3 Å². The van der Waals surface area contributed by atoms with E-state index in [1.165, 1.54) is 6.42 Å². The van der Waals surface area contributed by atoms with Gasteiger partial charge in [0.1, 0.15) is 12.4 Å². The fourth-order valence-electron chi connectivity index (χ4n) is 3.07. The highest BCUT2D eigenvalue weighted by Crippen LogP contribution is 2.28. The van der Waals surface area contributed by atoms with Gasteiger partial charge in [-0.3, -0.25) is 4.90 Å². The molecular formula is C20H32N4O2. The van der Waals surface area contributed by atoms with Crippen LogP contribution >= 0.6 is 0 Å². The molecule has 2 aliphatic rings. The molecule has 26 heavy (non-hydrogen) atoms. The van der Waals surface area contributed by atoms with Crippen molar-refractivity contribution in [3.63, 3.8) is 0 Å². The molecule has 3 rings (SSSR count). The van der Waals surface area contributed by atoms with Crippen molar-refractivity contribution in [2.45, 2.75) is 32.9 Å². The average molecular weight is 361 g/mol. The standard InChI is InChI=1S/C20H32N4O2/c1-3-21-20(23-18-14-16(18)2)22-15-17-6-4-5-7-19(17)26-13-10-24-8-11-25-12-9-24/h4-7,16,18H,3,8-15H2,1-2H3,(H2,21,22,23). The van der Waals surface area contributed by atoms with Crippen LogP contribution in [-0.2, 0) is 11.3 Å². The fourth-order valence-corrected chi connectivity index (χ4v) is 3.07. The van der Waals surface area contributed by atoms with Crippen molar-refractivity contribution in [2.75, 3.05) is 46.0 Å². The van der Waals surface area contributed by atoms with Gasteiger partial charge < -0.3 is 20.1 Å². The largest absolute Gasteiger partial charge is 0.492 e. The van der Waals surface area contributed by atoms with Crippen LogP contribution in [0.2, 0.25) is 0 Å². The predicted octanol–water partition coefficient (Wildman–Crippen LogP) is 1.86. The summed E-state index contributed by atoms with van der Waals surface area (Å²) in [5, 5.41) is 6.83. The SMILES string of the molecule is CCNC(=NCc1ccccc1OCCN1CCOCC1)NC1CC1C. The van der Waals surface area contributed by atoms with E-state index >= 15 is 0 Å². The maximum absolute atomic E-state index is 6.05. The first-order valence-electron chi connectivity index (χ1n) is 9.82. The summed E-state index contributed by atoms with van der Waals surface area (Å²) in [5.41, 5.74) is 1.12. The molecule has 0 amide bonds. The second kappa shape index (κ2) is 9.78. The topological polar surface area (TPSA) is 58.1 Å². The van der Waals surface area contributed by atoms with Gasteiger partial charge in [-0.2, -0.15) is 0 Å². The molecule has 0 spiro atoms. The summed E-state index contributed by atoms with van der Waals surface area (Å²) in [4.78, 5) is 7.13. The monoisotopic (exact) mass is 360 g/mol. The first-order chi connectivity index (χ1) is 12.8. The lowest BCUT2D eigenvalue weighted by Crippen LogP contribution is -2.39. The fraction of sp³-hybridized carbons (Fsp3) is 0.650. The molecule has 0 aromatic heterocycles. The summed E-state index contributed by atoms with van der Waals surface area (Å²) in [6.07, 6.45) is 1.23. The lowest BCUT2D eigenvalue weighted by molar-refractivity contribution is 0.0322. The number of hydrogen-bond donors (Lipinski definition) is 2. The van der Waals surface area contributed by atoms with Gasteiger partial charge in [0.15, 0.2) is 5.96 Å². The molecule has 2 unspecified atom stereocenters. The second-order valence-corrected chi connectivity index (χ2v) is 7.07. The van der Waals surface area contributed by atoms with Gasteiger partial charge in [0, 0.05) is 37.8 Å². The normalized spacial score (nSPS) is 23.5. The Morgan fingerprint density at radius 3 is 2.81 bits per heavy atom. The number of rotatable bonds is 8. The van der Waals surface area contributed by atoms with Crippen LogP contribution in [0.4, 0.5) is 0 Å². The highest BCUT2D eigenvalue weighted by molar-refractivity contribution is 5.80. The molecular weight excluding hydrogens is 328 g/mol. The molecule has 2 N–H and O–H groups in total. The van der Waals surface area contributed by atoms with Crippen LogP contribution in [0.25, 0.3) is 0 Å². The van der Waals surface area contributed by atoms with Crippen molar-refractivity contribution in [2.24, 2.45) is 10.9 Å². The number of para-hydroxylation sites is 1. The Bertz CT molecular complexity index is 587. The summed E-state index contributed by atoms with van der Waals surface area (Å²) < 4.78 is 11.4. The maximum atomic E-state index is 6.05. The van der Waals surface area contributed by atoms with E-state index in [0.29, 0.717) is 19.2 Å². The van der Waals surface area contributed by atoms with E-state index in [-0.39, 0.29) is 0 Å². The zero-order chi connectivity index (χ0) is 18.2. The van der Waals surface area contributed by atoms with Crippen LogP contribution < -0.4 is 15.4 Å². The molecule has 1 aliphatic heterocycles. The Hall–Kier alpha value is -1.79. The van der Waals surface area contributed by atoms with E-state index in [1.807, 2.05) is 18.2 Å². The minimum Gasteiger partial charge on any atom is -0.492 e. The first kappa shape index (κ1) is 19.0. The molecule has 1 aromatic rings. The zero-order valence-electron chi connectivity index (χ0n) is 16.0. The molecule has 1 aromatic carbocycles. The minimum absolute atomic E-state index is 0.563. The molecule has 144 valence electrons. The Morgan fingerprint density at radius 1 is 1.31 bits per heavy atom. The maximum Gasteiger partial charge on any atom is 0.191 e. The lowest BCUT2D eigenvalue weighted by Gasteiger charge is -2.26. The highest BCUT2D eigenvalue weighted by atomic mass is 16.5. The van der Waals surface area contributed by atoms with Crippen LogP contribution in [0, 0.1) is 5.92 Å². The van der Waals surface area contributed by atoms with Gasteiger partial charge in [-0.15, -0.1) is 0 Å². The van der Waals surface area contributed by atoms with Crippen LogP contribution in [0.5, 0.6) is 5.75 Å². The molecule has 1 heterocycles. The number of nitrogens with zero attached hydrogens (tertiary/aromatic N) is 2. The van der Waals surface area contributed by atoms with Crippen molar-refractivity contribution in [1.82, 2.24) is 15.5 Å². The number of ether oxygens (including phenoxy) is 2. The molecule has 6 heteroatoms. The van der Waals surface area contributed by atoms with E-state index in [1.54, 1.807) is 0 Å². The summed E-state index contributed by atoms with van der Waals surface area (Å²) in [6.45, 7) is 11.1. The number of guanidine groups is 1.